The van der Waals surface area contributed by atoms with E-state index in [1.165, 1.54) is 12.8 Å². The molecule has 0 unspecified atom stereocenters. The summed E-state index contributed by atoms with van der Waals surface area (Å²) < 4.78 is 6.05. The molecule has 4 rings (SSSR count). The van der Waals surface area contributed by atoms with Crippen molar-refractivity contribution >= 4 is 5.91 Å². The normalized spacial score (nSPS) is 25.1. The number of fused-ring (bicyclic) bond motifs is 1. The third-order valence-corrected chi connectivity index (χ3v) is 5.59. The predicted molar refractivity (Wildman–Crippen MR) is 93.8 cm³/mol. The van der Waals surface area contributed by atoms with E-state index in [1.807, 2.05) is 35.4 Å². The van der Waals surface area contributed by atoms with Crippen LogP contribution >= 0.6 is 0 Å². The van der Waals surface area contributed by atoms with Crippen molar-refractivity contribution in [2.75, 3.05) is 19.7 Å². The van der Waals surface area contributed by atoms with Crippen LogP contribution in [0.15, 0.2) is 48.9 Å². The maximum atomic E-state index is 12.7. The smallest absolute Gasteiger partial charge is 0.272 e. The molecule has 0 bridgehead atoms. The predicted octanol–water partition coefficient (Wildman–Crippen LogP) is 2.94. The Hall–Kier alpha value is -2.27. The number of carbonyl (C=O) groups is 1. The molecule has 1 aliphatic heterocycles. The number of pyridine rings is 2. The van der Waals surface area contributed by atoms with Gasteiger partial charge in [-0.15, -0.1) is 0 Å². The van der Waals surface area contributed by atoms with Gasteiger partial charge in [0.1, 0.15) is 5.69 Å². The van der Waals surface area contributed by atoms with Crippen molar-refractivity contribution in [3.8, 4) is 0 Å². The van der Waals surface area contributed by atoms with E-state index in [1.54, 1.807) is 18.5 Å². The summed E-state index contributed by atoms with van der Waals surface area (Å²) in [6.45, 7) is 2.89. The summed E-state index contributed by atoms with van der Waals surface area (Å²) in [6, 6.07) is 9.45. The van der Waals surface area contributed by atoms with Gasteiger partial charge in [0.15, 0.2) is 0 Å². The van der Waals surface area contributed by atoms with E-state index in [4.69, 9.17) is 4.74 Å². The second-order valence-electron chi connectivity index (χ2n) is 7.21. The summed E-state index contributed by atoms with van der Waals surface area (Å²) in [4.78, 5) is 23.0. The molecule has 2 aromatic rings. The van der Waals surface area contributed by atoms with E-state index < -0.39 is 0 Å². The van der Waals surface area contributed by atoms with Crippen molar-refractivity contribution in [3.63, 3.8) is 0 Å². The highest BCUT2D eigenvalue weighted by Crippen LogP contribution is 2.49. The lowest BCUT2D eigenvalue weighted by atomic mass is 9.81. The van der Waals surface area contributed by atoms with Crippen molar-refractivity contribution in [3.05, 3.63) is 60.2 Å². The lowest BCUT2D eigenvalue weighted by molar-refractivity contribution is 0.0264. The molecular weight excluding hydrogens is 314 g/mol. The quantitative estimate of drug-likeness (QED) is 0.842. The van der Waals surface area contributed by atoms with E-state index in [2.05, 4.69) is 9.97 Å². The van der Waals surface area contributed by atoms with Crippen molar-refractivity contribution in [2.45, 2.75) is 25.9 Å². The molecule has 1 saturated heterocycles. The largest absolute Gasteiger partial charge is 0.376 e. The molecule has 2 fully saturated rings. The Morgan fingerprint density at radius 3 is 3.04 bits per heavy atom. The Kier molecular flexibility index (Phi) is 4.49. The zero-order valence-corrected chi connectivity index (χ0v) is 14.3. The Morgan fingerprint density at radius 1 is 1.28 bits per heavy atom. The first-order valence-corrected chi connectivity index (χ1v) is 8.94. The minimum Gasteiger partial charge on any atom is -0.376 e. The fourth-order valence-corrected chi connectivity index (χ4v) is 4.31. The van der Waals surface area contributed by atoms with Gasteiger partial charge in [0.2, 0.25) is 0 Å². The molecule has 3 heterocycles. The van der Waals surface area contributed by atoms with E-state index in [9.17, 15) is 4.79 Å². The van der Waals surface area contributed by atoms with Gasteiger partial charge in [0, 0.05) is 37.1 Å². The number of nitrogens with zero attached hydrogens (tertiary/aromatic N) is 3. The van der Waals surface area contributed by atoms with E-state index in [0.717, 1.165) is 25.1 Å². The molecule has 0 radical (unpaired) electrons. The molecular formula is C20H23N3O2. The number of hydrogen-bond donors (Lipinski definition) is 0. The molecule has 1 saturated carbocycles. The zero-order chi connectivity index (χ0) is 17.1. The first-order chi connectivity index (χ1) is 12.3. The van der Waals surface area contributed by atoms with E-state index >= 15 is 0 Å². The Morgan fingerprint density at radius 2 is 2.24 bits per heavy atom. The Labute approximate surface area is 148 Å². The van der Waals surface area contributed by atoms with Crippen LogP contribution in [0.1, 0.15) is 35.3 Å². The molecule has 2 atom stereocenters. The molecule has 2 aliphatic rings. The third kappa shape index (κ3) is 3.29. The van der Waals surface area contributed by atoms with Gasteiger partial charge in [-0.2, -0.15) is 0 Å². The van der Waals surface area contributed by atoms with E-state index in [0.29, 0.717) is 24.8 Å². The maximum absolute atomic E-state index is 12.7. The molecule has 130 valence electrons. The van der Waals surface area contributed by atoms with Gasteiger partial charge in [-0.05, 0) is 42.5 Å². The van der Waals surface area contributed by atoms with Gasteiger partial charge in [-0.1, -0.05) is 18.6 Å². The highest BCUT2D eigenvalue weighted by Gasteiger charge is 2.50. The fourth-order valence-electron chi connectivity index (χ4n) is 4.31. The van der Waals surface area contributed by atoms with Crippen LogP contribution in [-0.2, 0) is 11.3 Å². The molecule has 25 heavy (non-hydrogen) atoms. The second-order valence-corrected chi connectivity index (χ2v) is 7.21. The van der Waals surface area contributed by atoms with Crippen molar-refractivity contribution in [1.29, 1.82) is 0 Å². The standard InChI is InChI=1S/C20H23N3O2/c24-19(18-7-1-2-10-22-18)23-12-17-6-3-8-20(17,14-23)15-25-13-16-5-4-9-21-11-16/h1-2,4-5,7,9-11,17H,3,6,8,12-15H2/t17-,20+/m0/s1. The van der Waals surface area contributed by atoms with Gasteiger partial charge in [0.25, 0.3) is 5.91 Å². The monoisotopic (exact) mass is 337 g/mol. The molecule has 5 heteroatoms. The highest BCUT2D eigenvalue weighted by molar-refractivity contribution is 5.92. The number of rotatable bonds is 5. The van der Waals surface area contributed by atoms with Crippen LogP contribution in [0.3, 0.4) is 0 Å². The average molecular weight is 337 g/mol. The number of aromatic nitrogens is 2. The minimum atomic E-state index is 0.0432. The molecule has 0 aromatic carbocycles. The van der Waals surface area contributed by atoms with Crippen LogP contribution in [0.25, 0.3) is 0 Å². The summed E-state index contributed by atoms with van der Waals surface area (Å²) in [5.41, 5.74) is 1.73. The molecule has 5 nitrogen and oxygen atoms in total. The number of ether oxygens (including phenoxy) is 1. The molecule has 2 aromatic heterocycles. The molecule has 1 amide bonds. The van der Waals surface area contributed by atoms with Crippen LogP contribution in [0.4, 0.5) is 0 Å². The minimum absolute atomic E-state index is 0.0432. The third-order valence-electron chi connectivity index (χ3n) is 5.59. The molecule has 0 N–H and O–H groups in total. The van der Waals surface area contributed by atoms with Crippen LogP contribution in [-0.4, -0.2) is 40.5 Å². The van der Waals surface area contributed by atoms with Crippen LogP contribution in [0.5, 0.6) is 0 Å². The first kappa shape index (κ1) is 16.2. The molecule has 1 aliphatic carbocycles. The summed E-state index contributed by atoms with van der Waals surface area (Å²) in [6.07, 6.45) is 8.84. The fraction of sp³-hybridized carbons (Fsp3) is 0.450. The number of likely N-dealkylation sites (tertiary alicyclic amines) is 1. The lowest BCUT2D eigenvalue weighted by Gasteiger charge is -2.28. The van der Waals surface area contributed by atoms with Gasteiger partial charge in [-0.25, -0.2) is 0 Å². The molecule has 0 spiro atoms. The summed E-state index contributed by atoms with van der Waals surface area (Å²) in [7, 11) is 0. The summed E-state index contributed by atoms with van der Waals surface area (Å²) >= 11 is 0. The van der Waals surface area contributed by atoms with Gasteiger partial charge in [-0.3, -0.25) is 14.8 Å². The Bertz CT molecular complexity index is 722. The van der Waals surface area contributed by atoms with E-state index in [-0.39, 0.29) is 11.3 Å². The van der Waals surface area contributed by atoms with Crippen LogP contribution < -0.4 is 0 Å². The van der Waals surface area contributed by atoms with Gasteiger partial charge < -0.3 is 9.64 Å². The maximum Gasteiger partial charge on any atom is 0.272 e. The topological polar surface area (TPSA) is 55.3 Å². The zero-order valence-electron chi connectivity index (χ0n) is 14.3. The van der Waals surface area contributed by atoms with Crippen molar-refractivity contribution in [1.82, 2.24) is 14.9 Å². The van der Waals surface area contributed by atoms with Crippen molar-refractivity contribution in [2.24, 2.45) is 11.3 Å². The Balaban J connectivity index is 1.41. The summed E-state index contributed by atoms with van der Waals surface area (Å²) in [5.74, 6) is 0.579. The average Bonchev–Trinajstić information content (AvgIpc) is 3.20. The number of hydrogen-bond acceptors (Lipinski definition) is 4. The number of carbonyl (C=O) groups excluding carboxylic acids is 1. The van der Waals surface area contributed by atoms with Crippen LogP contribution in [0.2, 0.25) is 0 Å². The SMILES string of the molecule is O=C(c1ccccn1)N1C[C@@H]2CCC[C@]2(COCc2cccnc2)C1. The summed E-state index contributed by atoms with van der Waals surface area (Å²) in [5, 5.41) is 0. The first-order valence-electron chi connectivity index (χ1n) is 8.94. The second kappa shape index (κ2) is 6.92. The van der Waals surface area contributed by atoms with Gasteiger partial charge >= 0.3 is 0 Å². The highest BCUT2D eigenvalue weighted by atomic mass is 16.5. The lowest BCUT2D eigenvalue weighted by Crippen LogP contribution is -2.35. The van der Waals surface area contributed by atoms with Crippen LogP contribution in [0, 0.1) is 11.3 Å². The number of amides is 1. The van der Waals surface area contributed by atoms with Crippen molar-refractivity contribution < 1.29 is 9.53 Å². The van der Waals surface area contributed by atoms with Gasteiger partial charge in [0.05, 0.1) is 13.2 Å².